The summed E-state index contributed by atoms with van der Waals surface area (Å²) in [6.45, 7) is 7.68. The average Bonchev–Trinajstić information content (AvgIpc) is 2.92. The molecule has 1 aromatic heterocycles. The molecular weight excluding hydrogens is 463 g/mol. The molecule has 0 bridgehead atoms. The zero-order chi connectivity index (χ0) is 18.9. The highest BCUT2D eigenvalue weighted by Crippen LogP contribution is 2.14. The first-order valence-corrected chi connectivity index (χ1v) is 10.3. The summed E-state index contributed by atoms with van der Waals surface area (Å²) in [6, 6.07) is 8.53. The van der Waals surface area contributed by atoms with Crippen LogP contribution >= 0.6 is 24.0 Å². The number of hydrogen-bond acceptors (Lipinski definition) is 3. The molecule has 0 radical (unpaired) electrons. The Bertz CT molecular complexity index is 755. The second-order valence-corrected chi connectivity index (χ2v) is 6.99. The Balaban J connectivity index is 0.00000280. The molecule has 7 heteroatoms. The number of aromatic nitrogens is 3. The molecule has 0 atom stereocenters. The number of hydrogen-bond donors (Lipinski definition) is 2. The average molecular weight is 496 g/mol. The van der Waals surface area contributed by atoms with Crippen LogP contribution in [0.5, 0.6) is 0 Å². The largest absolute Gasteiger partial charge is 0.357 e. The first-order valence-electron chi connectivity index (χ1n) is 10.3. The smallest absolute Gasteiger partial charge is 0.191 e. The maximum Gasteiger partial charge on any atom is 0.191 e. The van der Waals surface area contributed by atoms with E-state index in [0.717, 1.165) is 56.5 Å². The standard InChI is InChI=1S/C21H32N6.HI/c1-3-17-10-7-8-11-18(17)16-24-21(22-4-2)23-14-13-20-26-25-19-12-6-5-9-15-27(19)20;/h7-8,10-11H,3-6,9,12-16H2,1-2H3,(H2,22,23,24);1H. The number of halogens is 1. The summed E-state index contributed by atoms with van der Waals surface area (Å²) in [7, 11) is 0. The van der Waals surface area contributed by atoms with Gasteiger partial charge >= 0.3 is 0 Å². The molecule has 6 nitrogen and oxygen atoms in total. The molecule has 1 aliphatic rings. The molecule has 2 N–H and O–H groups in total. The van der Waals surface area contributed by atoms with Gasteiger partial charge in [0.15, 0.2) is 5.96 Å². The molecule has 0 amide bonds. The molecule has 2 aromatic rings. The minimum atomic E-state index is 0. The van der Waals surface area contributed by atoms with Gasteiger partial charge in [-0.25, -0.2) is 4.99 Å². The zero-order valence-corrected chi connectivity index (χ0v) is 19.4. The van der Waals surface area contributed by atoms with E-state index in [1.54, 1.807) is 0 Å². The minimum Gasteiger partial charge on any atom is -0.357 e. The summed E-state index contributed by atoms with van der Waals surface area (Å²) in [4.78, 5) is 4.77. The molecule has 0 saturated carbocycles. The summed E-state index contributed by atoms with van der Waals surface area (Å²) in [5.41, 5.74) is 2.66. The summed E-state index contributed by atoms with van der Waals surface area (Å²) >= 11 is 0. The predicted octanol–water partition coefficient (Wildman–Crippen LogP) is 3.48. The molecule has 3 rings (SSSR count). The molecule has 2 heterocycles. The first-order chi connectivity index (χ1) is 13.3. The maximum atomic E-state index is 4.77. The van der Waals surface area contributed by atoms with Crippen molar-refractivity contribution in [3.05, 3.63) is 47.0 Å². The Morgan fingerprint density at radius 2 is 1.89 bits per heavy atom. The van der Waals surface area contributed by atoms with Gasteiger partial charge in [-0.3, -0.25) is 0 Å². The predicted molar refractivity (Wildman–Crippen MR) is 125 cm³/mol. The van der Waals surface area contributed by atoms with Crippen LogP contribution in [0.1, 0.15) is 55.9 Å². The normalized spacial score (nSPS) is 14.0. The van der Waals surface area contributed by atoms with E-state index in [-0.39, 0.29) is 24.0 Å². The van der Waals surface area contributed by atoms with Gasteiger partial charge in [0.2, 0.25) is 0 Å². The van der Waals surface area contributed by atoms with Crippen LogP contribution in [-0.2, 0) is 32.4 Å². The van der Waals surface area contributed by atoms with E-state index in [1.807, 2.05) is 0 Å². The van der Waals surface area contributed by atoms with Gasteiger partial charge in [0, 0.05) is 32.5 Å². The Morgan fingerprint density at radius 3 is 2.68 bits per heavy atom. The molecule has 0 fully saturated rings. The number of fused-ring (bicyclic) bond motifs is 1. The van der Waals surface area contributed by atoms with Crippen molar-refractivity contribution >= 4 is 29.9 Å². The zero-order valence-electron chi connectivity index (χ0n) is 17.1. The van der Waals surface area contributed by atoms with E-state index in [1.165, 1.54) is 30.4 Å². The lowest BCUT2D eigenvalue weighted by molar-refractivity contribution is 0.600. The SMILES string of the molecule is CCNC(=NCc1ccccc1CC)NCCc1nnc2n1CCCCC2.I. The number of nitrogens with zero attached hydrogens (tertiary/aromatic N) is 4. The summed E-state index contributed by atoms with van der Waals surface area (Å²) < 4.78 is 2.32. The van der Waals surface area contributed by atoms with Gasteiger partial charge < -0.3 is 15.2 Å². The summed E-state index contributed by atoms with van der Waals surface area (Å²) in [6.07, 6.45) is 6.70. The summed E-state index contributed by atoms with van der Waals surface area (Å²) in [5, 5.41) is 15.6. The topological polar surface area (TPSA) is 67.1 Å². The fourth-order valence-electron chi connectivity index (χ4n) is 3.59. The Labute approximate surface area is 185 Å². The van der Waals surface area contributed by atoms with Crippen LogP contribution < -0.4 is 10.6 Å². The van der Waals surface area contributed by atoms with Gasteiger partial charge in [0.25, 0.3) is 0 Å². The quantitative estimate of drug-likeness (QED) is 0.350. The van der Waals surface area contributed by atoms with Crippen LogP contribution in [0.2, 0.25) is 0 Å². The maximum absolute atomic E-state index is 4.77. The van der Waals surface area contributed by atoms with Crippen molar-refractivity contribution in [3.63, 3.8) is 0 Å². The molecule has 0 unspecified atom stereocenters. The molecule has 0 saturated heterocycles. The molecule has 1 aliphatic heterocycles. The van der Waals surface area contributed by atoms with Gasteiger partial charge in [-0.2, -0.15) is 0 Å². The van der Waals surface area contributed by atoms with Crippen LogP contribution in [0.15, 0.2) is 29.3 Å². The Kier molecular flexibility index (Phi) is 9.73. The van der Waals surface area contributed by atoms with Crippen LogP contribution in [0.3, 0.4) is 0 Å². The lowest BCUT2D eigenvalue weighted by atomic mass is 10.1. The number of aliphatic imine (C=N–C) groups is 1. The van der Waals surface area contributed by atoms with Crippen molar-refractivity contribution < 1.29 is 0 Å². The number of nitrogens with one attached hydrogen (secondary N) is 2. The lowest BCUT2D eigenvalue weighted by Gasteiger charge is -2.12. The minimum absolute atomic E-state index is 0. The van der Waals surface area contributed by atoms with Crippen LogP contribution in [0.25, 0.3) is 0 Å². The highest BCUT2D eigenvalue weighted by Gasteiger charge is 2.14. The van der Waals surface area contributed by atoms with Gasteiger partial charge in [0.1, 0.15) is 11.6 Å². The molecular formula is C21H33IN6. The van der Waals surface area contributed by atoms with Crippen molar-refractivity contribution in [1.82, 2.24) is 25.4 Å². The van der Waals surface area contributed by atoms with Gasteiger partial charge in [0.05, 0.1) is 6.54 Å². The third kappa shape index (κ3) is 6.18. The van der Waals surface area contributed by atoms with E-state index in [2.05, 4.69) is 63.5 Å². The van der Waals surface area contributed by atoms with E-state index < -0.39 is 0 Å². The highest BCUT2D eigenvalue weighted by atomic mass is 127. The van der Waals surface area contributed by atoms with Gasteiger partial charge in [-0.05, 0) is 37.3 Å². The number of guanidine groups is 1. The third-order valence-corrected chi connectivity index (χ3v) is 5.08. The van der Waals surface area contributed by atoms with Gasteiger partial charge in [-0.15, -0.1) is 34.2 Å². The molecule has 1 aromatic carbocycles. The van der Waals surface area contributed by atoms with E-state index >= 15 is 0 Å². The second kappa shape index (κ2) is 12.0. The van der Waals surface area contributed by atoms with E-state index in [9.17, 15) is 0 Å². The van der Waals surface area contributed by atoms with Gasteiger partial charge in [-0.1, -0.05) is 37.6 Å². The monoisotopic (exact) mass is 496 g/mol. The fourth-order valence-corrected chi connectivity index (χ4v) is 3.59. The lowest BCUT2D eigenvalue weighted by Crippen LogP contribution is -2.38. The van der Waals surface area contributed by atoms with Crippen molar-refractivity contribution in [1.29, 1.82) is 0 Å². The summed E-state index contributed by atoms with van der Waals surface area (Å²) in [5.74, 6) is 3.10. The molecule has 154 valence electrons. The molecule has 28 heavy (non-hydrogen) atoms. The van der Waals surface area contributed by atoms with Crippen molar-refractivity contribution in [3.8, 4) is 0 Å². The Hall–Kier alpha value is -1.64. The number of aryl methyl sites for hydroxylation is 2. The van der Waals surface area contributed by atoms with Crippen molar-refractivity contribution in [2.45, 2.75) is 65.5 Å². The van der Waals surface area contributed by atoms with Crippen LogP contribution in [0.4, 0.5) is 0 Å². The third-order valence-electron chi connectivity index (χ3n) is 5.08. The second-order valence-electron chi connectivity index (χ2n) is 6.99. The van der Waals surface area contributed by atoms with Crippen LogP contribution in [0, 0.1) is 0 Å². The fraction of sp³-hybridized carbons (Fsp3) is 0.571. The van der Waals surface area contributed by atoms with E-state index in [0.29, 0.717) is 6.54 Å². The Morgan fingerprint density at radius 1 is 1.07 bits per heavy atom. The highest BCUT2D eigenvalue weighted by molar-refractivity contribution is 14.0. The van der Waals surface area contributed by atoms with Crippen LogP contribution in [-0.4, -0.2) is 33.8 Å². The van der Waals surface area contributed by atoms with Crippen molar-refractivity contribution in [2.75, 3.05) is 13.1 Å². The first kappa shape index (κ1) is 22.6. The number of benzene rings is 1. The molecule has 0 aliphatic carbocycles. The molecule has 0 spiro atoms. The van der Waals surface area contributed by atoms with Crippen molar-refractivity contribution in [2.24, 2.45) is 4.99 Å². The van der Waals surface area contributed by atoms with E-state index in [4.69, 9.17) is 4.99 Å². The number of rotatable bonds is 7.